The van der Waals surface area contributed by atoms with E-state index in [1.165, 1.54) is 23.5 Å². The Balaban J connectivity index is 1.99. The number of hydrogen-bond donors (Lipinski definition) is 1. The van der Waals surface area contributed by atoms with E-state index in [4.69, 9.17) is 0 Å². The van der Waals surface area contributed by atoms with Gasteiger partial charge >= 0.3 is 0 Å². The van der Waals surface area contributed by atoms with Crippen molar-refractivity contribution in [2.45, 2.75) is 6.92 Å². The summed E-state index contributed by atoms with van der Waals surface area (Å²) in [5.41, 5.74) is 2.07. The first-order chi connectivity index (χ1) is 9.13. The summed E-state index contributed by atoms with van der Waals surface area (Å²) in [4.78, 5) is 4.34. The molecule has 1 heterocycles. The van der Waals surface area contributed by atoms with Gasteiger partial charge in [0, 0.05) is 0 Å². The first kappa shape index (κ1) is 12.0. The minimum Gasteiger partial charge on any atom is -0.329 e. The van der Waals surface area contributed by atoms with Gasteiger partial charge in [0.25, 0.3) is 0 Å². The van der Waals surface area contributed by atoms with Crippen molar-refractivity contribution in [1.82, 2.24) is 4.98 Å². The van der Waals surface area contributed by atoms with Gasteiger partial charge in [0.05, 0.1) is 15.9 Å². The predicted molar refractivity (Wildman–Crippen MR) is 74.0 cm³/mol. The number of halogens is 2. The molecule has 96 valence electrons. The summed E-state index contributed by atoms with van der Waals surface area (Å²) < 4.78 is 27.7. The number of hydrogen-bond acceptors (Lipinski definition) is 3. The number of aromatic nitrogens is 1. The fraction of sp³-hybridized carbons (Fsp3) is 0.0714. The van der Waals surface area contributed by atoms with Crippen LogP contribution in [0.5, 0.6) is 0 Å². The number of rotatable bonds is 2. The zero-order chi connectivity index (χ0) is 13.4. The van der Waals surface area contributed by atoms with Crippen LogP contribution in [0.3, 0.4) is 0 Å². The highest BCUT2D eigenvalue weighted by molar-refractivity contribution is 7.22. The summed E-state index contributed by atoms with van der Waals surface area (Å²) in [6, 6.07) is 9.92. The maximum Gasteiger partial charge on any atom is 0.188 e. The lowest BCUT2D eigenvalue weighted by Crippen LogP contribution is -1.95. The maximum atomic E-state index is 13.5. The van der Waals surface area contributed by atoms with Gasteiger partial charge in [0.2, 0.25) is 0 Å². The lowest BCUT2D eigenvalue weighted by atomic mass is 10.2. The van der Waals surface area contributed by atoms with Gasteiger partial charge in [0.15, 0.2) is 16.8 Å². The lowest BCUT2D eigenvalue weighted by molar-refractivity contribution is 0.512. The van der Waals surface area contributed by atoms with E-state index in [1.54, 1.807) is 0 Å². The largest absolute Gasteiger partial charge is 0.329 e. The molecular weight excluding hydrogens is 266 g/mol. The van der Waals surface area contributed by atoms with Gasteiger partial charge < -0.3 is 5.32 Å². The summed E-state index contributed by atoms with van der Waals surface area (Å²) in [5, 5.41) is 3.36. The third-order valence-electron chi connectivity index (χ3n) is 2.74. The van der Waals surface area contributed by atoms with E-state index in [0.29, 0.717) is 5.13 Å². The molecule has 0 radical (unpaired) electrons. The molecule has 1 aromatic heterocycles. The first-order valence-electron chi connectivity index (χ1n) is 5.72. The molecule has 0 aliphatic carbocycles. The zero-order valence-electron chi connectivity index (χ0n) is 10.1. The fourth-order valence-electron chi connectivity index (χ4n) is 1.80. The van der Waals surface area contributed by atoms with Crippen molar-refractivity contribution < 1.29 is 8.78 Å². The highest BCUT2D eigenvalue weighted by atomic mass is 32.1. The van der Waals surface area contributed by atoms with Crippen molar-refractivity contribution in [3.63, 3.8) is 0 Å². The van der Waals surface area contributed by atoms with E-state index in [-0.39, 0.29) is 5.69 Å². The number of nitrogens with one attached hydrogen (secondary N) is 1. The molecule has 0 fully saturated rings. The van der Waals surface area contributed by atoms with Crippen LogP contribution in [0.4, 0.5) is 19.6 Å². The topological polar surface area (TPSA) is 24.9 Å². The first-order valence-corrected chi connectivity index (χ1v) is 6.53. The minimum atomic E-state index is -0.891. The van der Waals surface area contributed by atoms with Crippen LogP contribution in [0.25, 0.3) is 10.2 Å². The summed E-state index contributed by atoms with van der Waals surface area (Å²) in [5.74, 6) is -1.76. The van der Waals surface area contributed by atoms with Crippen LogP contribution in [0.1, 0.15) is 5.56 Å². The molecule has 0 amide bonds. The van der Waals surface area contributed by atoms with Crippen molar-refractivity contribution in [3.05, 3.63) is 53.6 Å². The molecule has 0 bridgehead atoms. The second kappa shape index (κ2) is 4.59. The minimum absolute atomic E-state index is 0.0933. The van der Waals surface area contributed by atoms with Gasteiger partial charge in [-0.15, -0.1) is 0 Å². The molecule has 0 aliphatic rings. The Morgan fingerprint density at radius 3 is 2.84 bits per heavy atom. The van der Waals surface area contributed by atoms with E-state index in [9.17, 15) is 8.78 Å². The normalized spacial score (nSPS) is 10.9. The van der Waals surface area contributed by atoms with Gasteiger partial charge in [-0.2, -0.15) is 0 Å². The molecule has 3 rings (SSSR count). The van der Waals surface area contributed by atoms with E-state index in [0.717, 1.165) is 21.8 Å². The van der Waals surface area contributed by atoms with Gasteiger partial charge in [-0.1, -0.05) is 23.5 Å². The summed E-state index contributed by atoms with van der Waals surface area (Å²) >= 11 is 1.41. The monoisotopic (exact) mass is 276 g/mol. The van der Waals surface area contributed by atoms with Gasteiger partial charge in [-0.05, 0) is 36.8 Å². The van der Waals surface area contributed by atoms with Crippen LogP contribution in [0.2, 0.25) is 0 Å². The number of aryl methyl sites for hydroxylation is 1. The molecule has 0 unspecified atom stereocenters. The summed E-state index contributed by atoms with van der Waals surface area (Å²) in [6.07, 6.45) is 0. The smallest absolute Gasteiger partial charge is 0.188 e. The average molecular weight is 276 g/mol. The number of thiazole rings is 1. The van der Waals surface area contributed by atoms with Crippen LogP contribution >= 0.6 is 11.3 Å². The van der Waals surface area contributed by atoms with Crippen LogP contribution in [-0.2, 0) is 0 Å². The van der Waals surface area contributed by atoms with E-state index >= 15 is 0 Å². The number of nitrogens with zero attached hydrogens (tertiary/aromatic N) is 1. The van der Waals surface area contributed by atoms with Crippen LogP contribution in [0, 0.1) is 18.6 Å². The molecule has 0 aliphatic heterocycles. The van der Waals surface area contributed by atoms with Crippen molar-refractivity contribution in [3.8, 4) is 0 Å². The van der Waals surface area contributed by atoms with Crippen LogP contribution < -0.4 is 5.32 Å². The summed E-state index contributed by atoms with van der Waals surface area (Å²) in [7, 11) is 0. The summed E-state index contributed by atoms with van der Waals surface area (Å²) in [6.45, 7) is 2.00. The maximum absolute atomic E-state index is 13.5. The Morgan fingerprint density at radius 1 is 1.16 bits per heavy atom. The zero-order valence-corrected chi connectivity index (χ0v) is 10.9. The van der Waals surface area contributed by atoms with Crippen molar-refractivity contribution in [2.24, 2.45) is 0 Å². The van der Waals surface area contributed by atoms with Crippen LogP contribution in [0.15, 0.2) is 36.4 Å². The Kier molecular flexibility index (Phi) is 2.91. The molecule has 5 heteroatoms. The second-order valence-electron chi connectivity index (χ2n) is 4.22. The predicted octanol–water partition coefficient (Wildman–Crippen LogP) is 4.63. The number of fused-ring (bicyclic) bond motifs is 1. The Bertz CT molecular complexity index is 752. The molecule has 19 heavy (non-hydrogen) atoms. The number of benzene rings is 2. The third kappa shape index (κ3) is 2.29. The Morgan fingerprint density at radius 2 is 2.00 bits per heavy atom. The van der Waals surface area contributed by atoms with Crippen molar-refractivity contribution >= 4 is 32.4 Å². The Labute approximate surface area is 112 Å². The van der Waals surface area contributed by atoms with E-state index in [1.807, 2.05) is 25.1 Å². The van der Waals surface area contributed by atoms with Gasteiger partial charge in [-0.25, -0.2) is 13.8 Å². The molecule has 0 spiro atoms. The lowest BCUT2D eigenvalue weighted by Gasteiger charge is -2.03. The SMILES string of the molecule is Cc1ccc2nc(Nc3cccc(F)c3F)sc2c1. The van der Waals surface area contributed by atoms with E-state index in [2.05, 4.69) is 10.3 Å². The van der Waals surface area contributed by atoms with Crippen molar-refractivity contribution in [1.29, 1.82) is 0 Å². The molecule has 1 N–H and O–H groups in total. The van der Waals surface area contributed by atoms with Gasteiger partial charge in [0.1, 0.15) is 0 Å². The van der Waals surface area contributed by atoms with E-state index < -0.39 is 11.6 Å². The fourth-order valence-corrected chi connectivity index (χ4v) is 2.78. The highest BCUT2D eigenvalue weighted by Crippen LogP contribution is 2.30. The quantitative estimate of drug-likeness (QED) is 0.738. The third-order valence-corrected chi connectivity index (χ3v) is 3.67. The Hall–Kier alpha value is -2.01. The number of anilines is 2. The average Bonchev–Trinajstić information content (AvgIpc) is 2.76. The highest BCUT2D eigenvalue weighted by Gasteiger charge is 2.10. The molecule has 3 aromatic rings. The molecule has 0 atom stereocenters. The second-order valence-corrected chi connectivity index (χ2v) is 5.25. The van der Waals surface area contributed by atoms with Crippen molar-refractivity contribution in [2.75, 3.05) is 5.32 Å². The molecule has 2 nitrogen and oxygen atoms in total. The molecule has 2 aromatic carbocycles. The molecule has 0 saturated carbocycles. The standard InChI is InChI=1S/C14H10F2N2S/c1-8-5-6-10-12(7-8)19-14(17-10)18-11-4-2-3-9(15)13(11)16/h2-7H,1H3,(H,17,18). The molecule has 0 saturated heterocycles. The van der Waals surface area contributed by atoms with Crippen LogP contribution in [-0.4, -0.2) is 4.98 Å². The van der Waals surface area contributed by atoms with Gasteiger partial charge in [-0.3, -0.25) is 0 Å². The molecular formula is C14H10F2N2S.